The average Bonchev–Trinajstić information content (AvgIpc) is 2.22. The van der Waals surface area contributed by atoms with Crippen LogP contribution in [0, 0.1) is 0 Å². The average molecular weight is 194 g/mol. The van der Waals surface area contributed by atoms with Crippen LogP contribution in [0.15, 0.2) is 13.2 Å². The molecule has 0 bridgehead atoms. The van der Waals surface area contributed by atoms with Crippen LogP contribution in [0.25, 0.3) is 0 Å². The van der Waals surface area contributed by atoms with Crippen molar-refractivity contribution in [3.8, 4) is 0 Å². The summed E-state index contributed by atoms with van der Waals surface area (Å²) >= 11 is 0. The second-order valence-electron chi connectivity index (χ2n) is 1.80. The quantitative estimate of drug-likeness (QED) is 0.558. The van der Waals surface area contributed by atoms with Gasteiger partial charge in [-0.1, -0.05) is 0 Å². The van der Waals surface area contributed by atoms with Gasteiger partial charge in [-0.25, -0.2) is 0 Å². The van der Waals surface area contributed by atoms with Crippen molar-refractivity contribution in [3.63, 3.8) is 0 Å². The molecule has 0 aliphatic rings. The monoisotopic (exact) mass is 194 g/mol. The largest absolute Gasteiger partial charge is 0.394 e. The Morgan fingerprint density at radius 2 is 1.38 bits per heavy atom. The lowest BCUT2D eigenvalue weighted by atomic mass is 10.4. The van der Waals surface area contributed by atoms with Crippen LogP contribution in [0.2, 0.25) is 0 Å². The van der Waals surface area contributed by atoms with Crippen molar-refractivity contribution in [3.05, 3.63) is 13.2 Å². The molecular formula is C9H22O4. The Morgan fingerprint density at radius 1 is 1.08 bits per heavy atom. The summed E-state index contributed by atoms with van der Waals surface area (Å²) in [7, 11) is 0. The first-order valence-corrected chi connectivity index (χ1v) is 4.20. The zero-order valence-electron chi connectivity index (χ0n) is 8.57. The minimum atomic E-state index is -0.954. The molecule has 0 aromatic heterocycles. The molecule has 0 spiro atoms. The summed E-state index contributed by atoms with van der Waals surface area (Å²) in [4.78, 5) is 0. The summed E-state index contributed by atoms with van der Waals surface area (Å²) in [5.74, 6) is 0. The van der Waals surface area contributed by atoms with E-state index in [4.69, 9.17) is 20.1 Å². The fourth-order valence-electron chi connectivity index (χ4n) is 0.262. The highest BCUT2D eigenvalue weighted by Crippen LogP contribution is 1.71. The molecule has 0 aromatic rings. The third kappa shape index (κ3) is 34.1. The first kappa shape index (κ1) is 18.4. The zero-order chi connectivity index (χ0) is 11.1. The van der Waals surface area contributed by atoms with E-state index >= 15 is 0 Å². The molecule has 0 saturated carbocycles. The molecule has 4 heteroatoms. The Bertz CT molecular complexity index is 62.6. The maximum absolute atomic E-state index is 8.17. The Labute approximate surface area is 80.5 Å². The Balaban J connectivity index is -0.000000131. The van der Waals surface area contributed by atoms with Gasteiger partial charge in [-0.2, -0.15) is 0 Å². The lowest BCUT2D eigenvalue weighted by molar-refractivity contribution is 0.0450. The van der Waals surface area contributed by atoms with Crippen LogP contribution in [-0.2, 0) is 4.74 Å². The standard InChI is InChI=1S/C4H10O.C3H8O3.C2H4/c1-3-5-4-2;4-1-3(6)2-5;1-2/h3-4H2,1-2H3;3-6H,1-2H2;1-2H2. The van der Waals surface area contributed by atoms with E-state index < -0.39 is 6.10 Å². The summed E-state index contributed by atoms with van der Waals surface area (Å²) in [5.41, 5.74) is 0. The van der Waals surface area contributed by atoms with Crippen molar-refractivity contribution in [2.24, 2.45) is 0 Å². The van der Waals surface area contributed by atoms with E-state index in [1.165, 1.54) is 0 Å². The molecule has 0 heterocycles. The summed E-state index contributed by atoms with van der Waals surface area (Å²) in [6.07, 6.45) is -0.954. The number of rotatable bonds is 4. The van der Waals surface area contributed by atoms with Gasteiger partial charge in [0.1, 0.15) is 6.10 Å². The highest BCUT2D eigenvalue weighted by Gasteiger charge is 1.93. The molecular weight excluding hydrogens is 172 g/mol. The second kappa shape index (κ2) is 22.6. The van der Waals surface area contributed by atoms with E-state index in [-0.39, 0.29) is 13.2 Å². The highest BCUT2D eigenvalue weighted by atomic mass is 16.5. The Hall–Kier alpha value is -0.420. The van der Waals surface area contributed by atoms with Crippen LogP contribution in [0.1, 0.15) is 13.8 Å². The van der Waals surface area contributed by atoms with E-state index in [0.29, 0.717) is 0 Å². The van der Waals surface area contributed by atoms with Crippen molar-refractivity contribution in [2.75, 3.05) is 26.4 Å². The van der Waals surface area contributed by atoms with Crippen LogP contribution >= 0.6 is 0 Å². The van der Waals surface area contributed by atoms with Crippen molar-refractivity contribution in [1.82, 2.24) is 0 Å². The molecule has 0 saturated heterocycles. The van der Waals surface area contributed by atoms with Crippen LogP contribution in [0.4, 0.5) is 0 Å². The number of ether oxygens (including phenoxy) is 1. The molecule has 0 aliphatic carbocycles. The number of aliphatic hydroxyl groups excluding tert-OH is 3. The third-order valence-corrected chi connectivity index (χ3v) is 0.830. The summed E-state index contributed by atoms with van der Waals surface area (Å²) in [6, 6.07) is 0. The van der Waals surface area contributed by atoms with Crippen molar-refractivity contribution in [2.45, 2.75) is 20.0 Å². The van der Waals surface area contributed by atoms with Crippen molar-refractivity contribution >= 4 is 0 Å². The van der Waals surface area contributed by atoms with Gasteiger partial charge in [0.2, 0.25) is 0 Å². The van der Waals surface area contributed by atoms with E-state index in [1.54, 1.807) is 0 Å². The number of hydrogen-bond acceptors (Lipinski definition) is 4. The molecule has 0 amide bonds. The van der Waals surface area contributed by atoms with Crippen molar-refractivity contribution in [1.29, 1.82) is 0 Å². The predicted molar refractivity (Wildman–Crippen MR) is 53.6 cm³/mol. The second-order valence-corrected chi connectivity index (χ2v) is 1.80. The first-order chi connectivity index (χ1) is 6.22. The fraction of sp³-hybridized carbons (Fsp3) is 0.778. The van der Waals surface area contributed by atoms with Gasteiger partial charge in [0.25, 0.3) is 0 Å². The van der Waals surface area contributed by atoms with E-state index in [2.05, 4.69) is 13.2 Å². The minimum Gasteiger partial charge on any atom is -0.394 e. The molecule has 0 unspecified atom stereocenters. The molecule has 82 valence electrons. The van der Waals surface area contributed by atoms with Crippen LogP contribution in [0.5, 0.6) is 0 Å². The van der Waals surface area contributed by atoms with Crippen LogP contribution in [0.3, 0.4) is 0 Å². The van der Waals surface area contributed by atoms with Gasteiger partial charge in [-0.05, 0) is 13.8 Å². The molecule has 0 rings (SSSR count). The Morgan fingerprint density at radius 3 is 1.38 bits per heavy atom. The van der Waals surface area contributed by atoms with Gasteiger partial charge in [-0.15, -0.1) is 13.2 Å². The van der Waals surface area contributed by atoms with Gasteiger partial charge < -0.3 is 20.1 Å². The van der Waals surface area contributed by atoms with E-state index in [9.17, 15) is 0 Å². The maximum Gasteiger partial charge on any atom is 0.100 e. The summed E-state index contributed by atoms with van der Waals surface area (Å²) in [6.45, 7) is 10.9. The predicted octanol–water partition coefficient (Wildman–Crippen LogP) is 0.177. The molecule has 3 N–H and O–H groups in total. The molecule has 0 atom stereocenters. The van der Waals surface area contributed by atoms with Gasteiger partial charge in [-0.3, -0.25) is 0 Å². The summed E-state index contributed by atoms with van der Waals surface area (Å²) in [5, 5.41) is 24.0. The highest BCUT2D eigenvalue weighted by molar-refractivity contribution is 4.43. The molecule has 4 nitrogen and oxygen atoms in total. The molecule has 0 aliphatic heterocycles. The third-order valence-electron chi connectivity index (χ3n) is 0.830. The fourth-order valence-corrected chi connectivity index (χ4v) is 0.262. The van der Waals surface area contributed by atoms with Crippen LogP contribution < -0.4 is 0 Å². The van der Waals surface area contributed by atoms with Gasteiger partial charge in [0.15, 0.2) is 0 Å². The summed E-state index contributed by atoms with van der Waals surface area (Å²) < 4.78 is 4.83. The molecule has 0 aromatic carbocycles. The maximum atomic E-state index is 8.17. The normalized spacial score (nSPS) is 8.15. The first-order valence-electron chi connectivity index (χ1n) is 4.20. The Kier molecular flexibility index (Phi) is 31.9. The number of hydrogen-bond donors (Lipinski definition) is 3. The molecule has 0 fully saturated rings. The van der Waals surface area contributed by atoms with Crippen LogP contribution in [-0.4, -0.2) is 47.9 Å². The van der Waals surface area contributed by atoms with Gasteiger partial charge >= 0.3 is 0 Å². The topological polar surface area (TPSA) is 69.9 Å². The van der Waals surface area contributed by atoms with Gasteiger partial charge in [0, 0.05) is 13.2 Å². The SMILES string of the molecule is C=C.CCOCC.OCC(O)CO. The van der Waals surface area contributed by atoms with Gasteiger partial charge in [0.05, 0.1) is 13.2 Å². The number of aliphatic hydroxyl groups is 3. The molecule has 13 heavy (non-hydrogen) atoms. The van der Waals surface area contributed by atoms with Crippen molar-refractivity contribution < 1.29 is 20.1 Å². The van der Waals surface area contributed by atoms with E-state index in [0.717, 1.165) is 13.2 Å². The zero-order valence-corrected chi connectivity index (χ0v) is 8.57. The lowest BCUT2D eigenvalue weighted by Gasteiger charge is -1.96. The smallest absolute Gasteiger partial charge is 0.100 e. The van der Waals surface area contributed by atoms with E-state index in [1.807, 2.05) is 13.8 Å². The minimum absolute atomic E-state index is 0.365. The lowest BCUT2D eigenvalue weighted by Crippen LogP contribution is -2.15. The molecule has 0 radical (unpaired) electrons.